The fourth-order valence-corrected chi connectivity index (χ4v) is 3.46. The molecular weight excluding hydrogens is 332 g/mol. The van der Waals surface area contributed by atoms with E-state index >= 15 is 0 Å². The molecule has 5 heteroatoms. The zero-order valence-corrected chi connectivity index (χ0v) is 14.0. The summed E-state index contributed by atoms with van der Waals surface area (Å²) in [6.45, 7) is 3.37. The van der Waals surface area contributed by atoms with Gasteiger partial charge in [0.05, 0.1) is 5.69 Å². The lowest BCUT2D eigenvalue weighted by Gasteiger charge is -2.24. The zero-order chi connectivity index (χ0) is 15.4. The van der Waals surface area contributed by atoms with Gasteiger partial charge < -0.3 is 14.9 Å². The Hall–Kier alpha value is -1.33. The first kappa shape index (κ1) is 16.0. The van der Waals surface area contributed by atoms with Gasteiger partial charge in [0, 0.05) is 30.7 Å². The number of nitrogens with zero attached hydrogens (tertiary/aromatic N) is 2. The van der Waals surface area contributed by atoms with E-state index < -0.39 is 5.97 Å². The topological polar surface area (TPSA) is 43.8 Å². The average Bonchev–Trinajstić information content (AvgIpc) is 2.81. The van der Waals surface area contributed by atoms with Crippen LogP contribution in [0.2, 0.25) is 0 Å². The van der Waals surface area contributed by atoms with E-state index in [1.54, 1.807) is 6.08 Å². The third kappa shape index (κ3) is 4.58. The number of carbonyl (C=O) groups is 1. The number of likely N-dealkylation sites (tertiary alicyclic amines) is 1. The highest BCUT2D eigenvalue weighted by molar-refractivity contribution is 9.10. The Morgan fingerprint density at radius 3 is 2.90 bits per heavy atom. The van der Waals surface area contributed by atoms with Crippen molar-refractivity contribution in [1.29, 1.82) is 0 Å². The van der Waals surface area contributed by atoms with Crippen LogP contribution in [0.3, 0.4) is 0 Å². The number of carboxylic acid groups (broad SMARTS) is 1. The Bertz CT molecular complexity index is 545. The van der Waals surface area contributed by atoms with Crippen molar-refractivity contribution >= 4 is 33.7 Å². The lowest BCUT2D eigenvalue weighted by molar-refractivity contribution is -0.131. The van der Waals surface area contributed by atoms with Gasteiger partial charge in [-0.15, -0.1) is 0 Å². The van der Waals surface area contributed by atoms with E-state index in [4.69, 9.17) is 5.11 Å². The summed E-state index contributed by atoms with van der Waals surface area (Å²) < 4.78 is 0.990. The molecule has 4 nitrogen and oxygen atoms in total. The monoisotopic (exact) mass is 352 g/mol. The van der Waals surface area contributed by atoms with Gasteiger partial charge in [-0.05, 0) is 65.6 Å². The Morgan fingerprint density at radius 1 is 1.57 bits per heavy atom. The van der Waals surface area contributed by atoms with Gasteiger partial charge in [-0.2, -0.15) is 0 Å². The van der Waals surface area contributed by atoms with E-state index in [0.29, 0.717) is 5.92 Å². The molecule has 1 atom stereocenters. The maximum atomic E-state index is 10.5. The van der Waals surface area contributed by atoms with E-state index in [1.165, 1.54) is 13.0 Å². The summed E-state index contributed by atoms with van der Waals surface area (Å²) in [6, 6.07) is 5.92. The number of hydrogen-bond donors (Lipinski definition) is 1. The molecule has 1 saturated heterocycles. The standard InChI is InChI=1S/C16H21BrN2O2/c1-18-8-7-13(10-18)11-19(2)15-5-3-12(9-14(15)17)4-6-16(20)21/h3-6,9,13H,7-8,10-11H2,1-2H3,(H,20,21)/b6-4+. The Morgan fingerprint density at radius 2 is 2.33 bits per heavy atom. The van der Waals surface area contributed by atoms with Crippen LogP contribution in [0.1, 0.15) is 12.0 Å². The second-order valence-electron chi connectivity index (χ2n) is 5.68. The number of benzene rings is 1. The number of anilines is 1. The summed E-state index contributed by atoms with van der Waals surface area (Å²) in [5.41, 5.74) is 2.01. The fraction of sp³-hybridized carbons (Fsp3) is 0.438. The van der Waals surface area contributed by atoms with Gasteiger partial charge in [0.25, 0.3) is 0 Å². The van der Waals surface area contributed by atoms with Crippen molar-refractivity contribution in [2.45, 2.75) is 6.42 Å². The minimum absolute atomic E-state index is 0.707. The van der Waals surface area contributed by atoms with Crippen LogP contribution in [-0.2, 0) is 4.79 Å². The first-order valence-electron chi connectivity index (χ1n) is 7.06. The van der Waals surface area contributed by atoms with E-state index in [2.05, 4.69) is 39.8 Å². The first-order valence-corrected chi connectivity index (χ1v) is 7.85. The summed E-state index contributed by atoms with van der Waals surface area (Å²) in [7, 11) is 4.27. The third-order valence-electron chi connectivity index (χ3n) is 3.82. The quantitative estimate of drug-likeness (QED) is 0.827. The summed E-state index contributed by atoms with van der Waals surface area (Å²) in [5, 5.41) is 8.66. The van der Waals surface area contributed by atoms with Crippen molar-refractivity contribution in [3.8, 4) is 0 Å². The molecule has 1 fully saturated rings. The van der Waals surface area contributed by atoms with Gasteiger partial charge in [-0.1, -0.05) is 6.07 Å². The summed E-state index contributed by atoms with van der Waals surface area (Å²) in [4.78, 5) is 15.2. The lowest BCUT2D eigenvalue weighted by Crippen LogP contribution is -2.27. The highest BCUT2D eigenvalue weighted by Gasteiger charge is 2.21. The van der Waals surface area contributed by atoms with Gasteiger partial charge in [0.15, 0.2) is 0 Å². The molecule has 1 aliphatic heterocycles. The maximum absolute atomic E-state index is 10.5. The molecule has 1 heterocycles. The normalized spacial score (nSPS) is 19.3. The summed E-state index contributed by atoms with van der Waals surface area (Å²) in [6.07, 6.45) is 4.00. The maximum Gasteiger partial charge on any atom is 0.328 e. The summed E-state index contributed by atoms with van der Waals surface area (Å²) in [5.74, 6) is -0.226. The van der Waals surface area contributed by atoms with Crippen LogP contribution in [0.5, 0.6) is 0 Å². The Kier molecular flexibility index (Phi) is 5.42. The molecule has 2 rings (SSSR count). The second kappa shape index (κ2) is 7.09. The largest absolute Gasteiger partial charge is 0.478 e. The van der Waals surface area contributed by atoms with Crippen LogP contribution in [0.25, 0.3) is 6.08 Å². The minimum atomic E-state index is -0.933. The van der Waals surface area contributed by atoms with Crippen LogP contribution < -0.4 is 4.90 Å². The minimum Gasteiger partial charge on any atom is -0.478 e. The Labute approximate surface area is 134 Å². The molecule has 0 spiro atoms. The smallest absolute Gasteiger partial charge is 0.328 e. The van der Waals surface area contributed by atoms with Crippen LogP contribution in [0.15, 0.2) is 28.7 Å². The van der Waals surface area contributed by atoms with Crippen molar-refractivity contribution < 1.29 is 9.90 Å². The molecule has 0 radical (unpaired) electrons. The van der Waals surface area contributed by atoms with Gasteiger partial charge >= 0.3 is 5.97 Å². The van der Waals surface area contributed by atoms with Crippen molar-refractivity contribution in [1.82, 2.24) is 4.90 Å². The molecule has 0 aromatic heterocycles. The van der Waals surface area contributed by atoms with Gasteiger partial charge in [0.2, 0.25) is 0 Å². The summed E-state index contributed by atoms with van der Waals surface area (Å²) >= 11 is 3.58. The molecule has 1 unspecified atom stereocenters. The molecule has 114 valence electrons. The first-order chi connectivity index (χ1) is 9.95. The van der Waals surface area contributed by atoms with Crippen molar-refractivity contribution in [3.05, 3.63) is 34.3 Å². The van der Waals surface area contributed by atoms with Crippen LogP contribution >= 0.6 is 15.9 Å². The number of rotatable bonds is 5. The molecule has 1 aromatic rings. The molecule has 0 amide bonds. The van der Waals surface area contributed by atoms with Gasteiger partial charge in [-0.3, -0.25) is 0 Å². The van der Waals surface area contributed by atoms with E-state index in [9.17, 15) is 4.79 Å². The molecule has 1 N–H and O–H groups in total. The number of carboxylic acids is 1. The van der Waals surface area contributed by atoms with Crippen LogP contribution in [-0.4, -0.2) is 49.7 Å². The highest BCUT2D eigenvalue weighted by Crippen LogP contribution is 2.28. The predicted molar refractivity (Wildman–Crippen MR) is 89.7 cm³/mol. The van der Waals surface area contributed by atoms with E-state index in [-0.39, 0.29) is 0 Å². The van der Waals surface area contributed by atoms with E-state index in [1.807, 2.05) is 18.2 Å². The van der Waals surface area contributed by atoms with Crippen LogP contribution in [0.4, 0.5) is 5.69 Å². The molecule has 1 aromatic carbocycles. The molecule has 0 saturated carbocycles. The molecule has 1 aliphatic rings. The molecule has 0 bridgehead atoms. The number of halogens is 1. The highest BCUT2D eigenvalue weighted by atomic mass is 79.9. The van der Waals surface area contributed by atoms with Crippen LogP contribution in [0, 0.1) is 5.92 Å². The Balaban J connectivity index is 2.04. The average molecular weight is 353 g/mol. The van der Waals surface area contributed by atoms with Gasteiger partial charge in [0.1, 0.15) is 0 Å². The second-order valence-corrected chi connectivity index (χ2v) is 6.53. The lowest BCUT2D eigenvalue weighted by atomic mass is 10.1. The third-order valence-corrected chi connectivity index (χ3v) is 4.46. The number of aliphatic carboxylic acids is 1. The molecule has 21 heavy (non-hydrogen) atoms. The van der Waals surface area contributed by atoms with Crippen molar-refractivity contribution in [2.24, 2.45) is 5.92 Å². The van der Waals surface area contributed by atoms with E-state index in [0.717, 1.165) is 34.9 Å². The van der Waals surface area contributed by atoms with Crippen molar-refractivity contribution in [2.75, 3.05) is 38.6 Å². The van der Waals surface area contributed by atoms with Crippen molar-refractivity contribution in [3.63, 3.8) is 0 Å². The zero-order valence-electron chi connectivity index (χ0n) is 12.4. The fourth-order valence-electron chi connectivity index (χ4n) is 2.76. The molecular formula is C16H21BrN2O2. The van der Waals surface area contributed by atoms with Gasteiger partial charge in [-0.25, -0.2) is 4.79 Å². The predicted octanol–water partition coefficient (Wildman–Crippen LogP) is 2.93. The number of hydrogen-bond acceptors (Lipinski definition) is 3. The SMILES string of the molecule is CN1CCC(CN(C)c2ccc(/C=C/C(=O)O)cc2Br)C1. The molecule has 0 aliphatic carbocycles.